The maximum absolute atomic E-state index is 12.4. The average molecular weight is 372 g/mol. The van der Waals surface area contributed by atoms with Gasteiger partial charge in [-0.3, -0.25) is 4.79 Å². The molecule has 1 aromatic carbocycles. The van der Waals surface area contributed by atoms with E-state index in [0.717, 1.165) is 16.8 Å². The first-order valence-corrected chi connectivity index (χ1v) is 8.84. The first-order valence-electron chi connectivity index (χ1n) is 8.46. The Hall–Kier alpha value is -2.24. The molecule has 0 bridgehead atoms. The van der Waals surface area contributed by atoms with Gasteiger partial charge in [0.05, 0.1) is 30.5 Å². The Labute approximate surface area is 158 Å². The second kappa shape index (κ2) is 7.17. The normalized spacial score (nSPS) is 19.2. The molecule has 1 aliphatic rings. The Kier molecular flexibility index (Phi) is 5.12. The monoisotopic (exact) mass is 371 g/mol. The third-order valence-corrected chi connectivity index (χ3v) is 4.61. The zero-order valence-corrected chi connectivity index (χ0v) is 16.0. The molecule has 1 aromatic heterocycles. The number of benzene rings is 1. The highest BCUT2D eigenvalue weighted by Gasteiger charge is 2.36. The van der Waals surface area contributed by atoms with Crippen LogP contribution < -0.4 is 0 Å². The first-order chi connectivity index (χ1) is 12.3. The number of hydrogen-bond acceptors (Lipinski definition) is 4. The number of carbonyl (C=O) groups is 1. The maximum atomic E-state index is 12.4. The van der Waals surface area contributed by atoms with E-state index < -0.39 is 5.60 Å². The second-order valence-corrected chi connectivity index (χ2v) is 7.46. The van der Waals surface area contributed by atoms with E-state index in [1.54, 1.807) is 11.1 Å². The van der Waals surface area contributed by atoms with Crippen molar-refractivity contribution in [3.05, 3.63) is 59.5 Å². The smallest absolute Gasteiger partial charge is 0.246 e. The van der Waals surface area contributed by atoms with Crippen molar-refractivity contribution in [2.24, 2.45) is 0 Å². The van der Waals surface area contributed by atoms with Crippen LogP contribution in [-0.4, -0.2) is 39.5 Å². The lowest BCUT2D eigenvalue weighted by Crippen LogP contribution is -2.51. The van der Waals surface area contributed by atoms with Gasteiger partial charge in [-0.2, -0.15) is 0 Å². The largest absolute Gasteiger partial charge is 0.371 e. The Morgan fingerprint density at radius 3 is 2.88 bits per heavy atom. The number of halogens is 1. The third kappa shape index (κ3) is 3.94. The Balaban J connectivity index is 2.02. The number of hydrogen-bond donors (Lipinski definition) is 0. The molecule has 1 aliphatic heterocycles. The van der Waals surface area contributed by atoms with E-state index in [-0.39, 0.29) is 11.9 Å². The van der Waals surface area contributed by atoms with Gasteiger partial charge < -0.3 is 9.64 Å². The number of ether oxygens (including phenoxy) is 1. The summed E-state index contributed by atoms with van der Waals surface area (Å²) < 4.78 is 5.96. The van der Waals surface area contributed by atoms with Crippen LogP contribution in [0.15, 0.2) is 43.1 Å². The maximum Gasteiger partial charge on any atom is 0.246 e. The lowest BCUT2D eigenvalue weighted by atomic mass is 9.97. The zero-order chi connectivity index (χ0) is 18.9. The van der Waals surface area contributed by atoms with E-state index in [1.807, 2.05) is 45.0 Å². The summed E-state index contributed by atoms with van der Waals surface area (Å²) in [7, 11) is 0. The zero-order valence-electron chi connectivity index (χ0n) is 15.2. The van der Waals surface area contributed by atoms with Gasteiger partial charge in [0.2, 0.25) is 5.91 Å². The van der Waals surface area contributed by atoms with Gasteiger partial charge in [0.15, 0.2) is 0 Å². The predicted molar refractivity (Wildman–Crippen MR) is 102 cm³/mol. The summed E-state index contributed by atoms with van der Waals surface area (Å²) in [4.78, 5) is 22.8. The molecule has 2 aromatic rings. The molecule has 0 radical (unpaired) electrons. The number of amides is 1. The van der Waals surface area contributed by atoms with Gasteiger partial charge >= 0.3 is 0 Å². The highest BCUT2D eigenvalue weighted by atomic mass is 35.5. The molecule has 136 valence electrons. The number of aromatic nitrogens is 2. The number of rotatable bonds is 3. The van der Waals surface area contributed by atoms with E-state index in [0.29, 0.717) is 24.0 Å². The lowest BCUT2D eigenvalue weighted by molar-refractivity contribution is -0.151. The van der Waals surface area contributed by atoms with Crippen LogP contribution in [0.3, 0.4) is 0 Å². The molecule has 1 fully saturated rings. The fourth-order valence-corrected chi connectivity index (χ4v) is 3.40. The molecule has 5 nitrogen and oxygen atoms in total. The summed E-state index contributed by atoms with van der Waals surface area (Å²) >= 11 is 6.37. The summed E-state index contributed by atoms with van der Waals surface area (Å²) in [5.41, 5.74) is 2.18. The molecular weight excluding hydrogens is 350 g/mol. The van der Waals surface area contributed by atoms with E-state index in [1.165, 1.54) is 6.08 Å². The Bertz CT molecular complexity index is 851. The fraction of sp³-hybridized carbons (Fsp3) is 0.350. The molecule has 0 saturated carbocycles. The van der Waals surface area contributed by atoms with Crippen LogP contribution in [0.1, 0.15) is 31.3 Å². The fourth-order valence-electron chi connectivity index (χ4n) is 3.16. The van der Waals surface area contributed by atoms with Crippen molar-refractivity contribution >= 4 is 17.5 Å². The van der Waals surface area contributed by atoms with Crippen LogP contribution in [0.5, 0.6) is 0 Å². The number of morpholine rings is 1. The standard InChI is InChI=1S/C20H22ClN3O2/c1-5-19(25)24-12-20(3,4)26-11-18(24)15-8-14(9-16(21)10-15)17-6-7-22-13(2)23-17/h5-10,18H,1,11-12H2,2-4H3/t18-/m0/s1. The molecular formula is C20H22ClN3O2. The average Bonchev–Trinajstić information content (AvgIpc) is 2.59. The van der Waals surface area contributed by atoms with Crippen LogP contribution in [0.2, 0.25) is 5.02 Å². The van der Waals surface area contributed by atoms with E-state index in [9.17, 15) is 4.79 Å². The summed E-state index contributed by atoms with van der Waals surface area (Å²) in [6, 6.07) is 7.35. The molecule has 26 heavy (non-hydrogen) atoms. The minimum atomic E-state index is -0.402. The second-order valence-electron chi connectivity index (χ2n) is 7.02. The van der Waals surface area contributed by atoms with Crippen molar-refractivity contribution in [2.45, 2.75) is 32.4 Å². The first kappa shape index (κ1) is 18.5. The topological polar surface area (TPSA) is 55.3 Å². The van der Waals surface area contributed by atoms with Gasteiger partial charge in [-0.1, -0.05) is 18.2 Å². The Morgan fingerprint density at radius 1 is 1.42 bits per heavy atom. The van der Waals surface area contributed by atoms with Crippen molar-refractivity contribution in [3.63, 3.8) is 0 Å². The van der Waals surface area contributed by atoms with Gasteiger partial charge in [-0.15, -0.1) is 0 Å². The molecule has 6 heteroatoms. The van der Waals surface area contributed by atoms with Crippen molar-refractivity contribution in [3.8, 4) is 11.3 Å². The van der Waals surface area contributed by atoms with Crippen LogP contribution >= 0.6 is 11.6 Å². The van der Waals surface area contributed by atoms with Crippen molar-refractivity contribution < 1.29 is 9.53 Å². The summed E-state index contributed by atoms with van der Waals surface area (Å²) in [6.07, 6.45) is 3.06. The SMILES string of the molecule is C=CC(=O)N1CC(C)(C)OC[C@H]1c1cc(Cl)cc(-c2ccnc(C)n2)c1. The molecule has 0 aliphatic carbocycles. The summed E-state index contributed by atoms with van der Waals surface area (Å²) in [5, 5.41) is 0.588. The number of carbonyl (C=O) groups excluding carboxylic acids is 1. The van der Waals surface area contributed by atoms with Gasteiger partial charge in [0.25, 0.3) is 0 Å². The summed E-state index contributed by atoms with van der Waals surface area (Å²) in [5.74, 6) is 0.570. The van der Waals surface area contributed by atoms with E-state index in [4.69, 9.17) is 16.3 Å². The van der Waals surface area contributed by atoms with Crippen molar-refractivity contribution in [1.82, 2.24) is 14.9 Å². The van der Waals surface area contributed by atoms with E-state index >= 15 is 0 Å². The van der Waals surface area contributed by atoms with Crippen LogP contribution in [0, 0.1) is 6.92 Å². The number of nitrogens with zero attached hydrogens (tertiary/aromatic N) is 3. The minimum Gasteiger partial charge on any atom is -0.371 e. The van der Waals surface area contributed by atoms with Crippen LogP contribution in [0.25, 0.3) is 11.3 Å². The minimum absolute atomic E-state index is 0.120. The predicted octanol–water partition coefficient (Wildman–Crippen LogP) is 3.97. The molecule has 2 heterocycles. The molecule has 1 atom stereocenters. The van der Waals surface area contributed by atoms with Crippen LogP contribution in [0.4, 0.5) is 0 Å². The Morgan fingerprint density at radius 2 is 2.19 bits per heavy atom. The molecule has 0 spiro atoms. The lowest BCUT2D eigenvalue weighted by Gasteiger charge is -2.43. The van der Waals surface area contributed by atoms with Gasteiger partial charge in [0.1, 0.15) is 5.82 Å². The summed E-state index contributed by atoms with van der Waals surface area (Å²) in [6.45, 7) is 10.3. The molecule has 3 rings (SSSR count). The van der Waals surface area contributed by atoms with Gasteiger partial charge in [-0.25, -0.2) is 9.97 Å². The van der Waals surface area contributed by atoms with Gasteiger partial charge in [0, 0.05) is 16.8 Å². The quantitative estimate of drug-likeness (QED) is 0.766. The highest BCUT2D eigenvalue weighted by molar-refractivity contribution is 6.31. The van der Waals surface area contributed by atoms with E-state index in [2.05, 4.69) is 16.5 Å². The van der Waals surface area contributed by atoms with Crippen molar-refractivity contribution in [1.29, 1.82) is 0 Å². The molecule has 0 N–H and O–H groups in total. The molecule has 0 unspecified atom stereocenters. The highest BCUT2D eigenvalue weighted by Crippen LogP contribution is 2.34. The van der Waals surface area contributed by atoms with Crippen molar-refractivity contribution in [2.75, 3.05) is 13.2 Å². The molecule has 1 amide bonds. The third-order valence-electron chi connectivity index (χ3n) is 4.39. The van der Waals surface area contributed by atoms with Crippen LogP contribution in [-0.2, 0) is 9.53 Å². The van der Waals surface area contributed by atoms with Gasteiger partial charge in [-0.05, 0) is 56.7 Å². The number of aryl methyl sites for hydroxylation is 1. The molecule has 1 saturated heterocycles.